The van der Waals surface area contributed by atoms with Gasteiger partial charge in [0.2, 0.25) is 0 Å². The third-order valence-electron chi connectivity index (χ3n) is 4.08. The second-order valence-electron chi connectivity index (χ2n) is 6.93. The van der Waals surface area contributed by atoms with Gasteiger partial charge in [0.15, 0.2) is 0 Å². The predicted octanol–water partition coefficient (Wildman–Crippen LogP) is 2.85. The monoisotopic (exact) mass is 347 g/mol. The highest BCUT2D eigenvalue weighted by Gasteiger charge is 2.23. The first-order valence-electron chi connectivity index (χ1n) is 8.15. The highest BCUT2D eigenvalue weighted by atomic mass is 16.5. The predicted molar refractivity (Wildman–Crippen MR) is 96.9 cm³/mol. The highest BCUT2D eigenvalue weighted by molar-refractivity contribution is 6.02. The zero-order valence-electron chi connectivity index (χ0n) is 15.2. The maximum absolute atomic E-state index is 11.8. The maximum Gasteiger partial charge on any atom is 0.411 e. The van der Waals surface area contributed by atoms with Gasteiger partial charge in [-0.2, -0.15) is 5.10 Å². The van der Waals surface area contributed by atoms with Crippen LogP contribution in [-0.2, 0) is 4.74 Å². The third-order valence-corrected chi connectivity index (χ3v) is 4.08. The molecule has 2 aromatic heterocycles. The number of hydrogen-bond donors (Lipinski definition) is 3. The average Bonchev–Trinajstić information content (AvgIpc) is 2.89. The van der Waals surface area contributed by atoms with Gasteiger partial charge in [0.25, 0.3) is 5.91 Å². The zero-order valence-corrected chi connectivity index (χ0v) is 15.2. The Balaban J connectivity index is 2.47. The molecule has 0 aliphatic carbocycles. The van der Waals surface area contributed by atoms with Gasteiger partial charge in [-0.25, -0.2) is 9.31 Å². The molecule has 0 aliphatic heterocycles. The summed E-state index contributed by atoms with van der Waals surface area (Å²) in [6, 6.07) is 1.78. The van der Waals surface area contributed by atoms with Crippen LogP contribution in [-0.4, -0.2) is 34.3 Å². The normalized spacial score (nSPS) is 12.7. The first-order chi connectivity index (χ1) is 11.6. The number of fused-ring (bicyclic) bond motifs is 1. The number of anilines is 2. The van der Waals surface area contributed by atoms with Crippen LogP contribution in [0.15, 0.2) is 18.5 Å². The molecule has 4 N–H and O–H groups in total. The van der Waals surface area contributed by atoms with Crippen molar-refractivity contribution >= 4 is 28.9 Å². The summed E-state index contributed by atoms with van der Waals surface area (Å²) < 4.78 is 6.45. The number of carbonyl (C=O) groups excluding carboxylic acids is 2. The lowest BCUT2D eigenvalue weighted by Crippen LogP contribution is -2.32. The SMILES string of the molecule is CCOC(=O)Nc1cc2c(N[C@H](C)C(C)(C)C)c(C(N)=O)cnn2c1. The van der Waals surface area contributed by atoms with E-state index in [1.807, 2.05) is 6.92 Å². The van der Waals surface area contributed by atoms with Crippen LogP contribution < -0.4 is 16.4 Å². The van der Waals surface area contributed by atoms with Gasteiger partial charge in [-0.15, -0.1) is 0 Å². The summed E-state index contributed by atoms with van der Waals surface area (Å²) in [6.45, 7) is 10.3. The number of hydrogen-bond acceptors (Lipinski definition) is 5. The molecule has 0 radical (unpaired) electrons. The summed E-state index contributed by atoms with van der Waals surface area (Å²) >= 11 is 0. The Kier molecular flexibility index (Phi) is 5.20. The molecule has 0 spiro atoms. The van der Waals surface area contributed by atoms with E-state index in [2.05, 4.69) is 36.5 Å². The molecule has 0 saturated heterocycles. The molecule has 0 aliphatic rings. The lowest BCUT2D eigenvalue weighted by atomic mass is 9.88. The quantitative estimate of drug-likeness (QED) is 0.770. The molecule has 0 bridgehead atoms. The second-order valence-corrected chi connectivity index (χ2v) is 6.93. The molecule has 1 atom stereocenters. The van der Waals surface area contributed by atoms with E-state index in [4.69, 9.17) is 10.5 Å². The molecular formula is C17H25N5O3. The minimum atomic E-state index is -0.570. The van der Waals surface area contributed by atoms with E-state index in [1.54, 1.807) is 23.7 Å². The van der Waals surface area contributed by atoms with Gasteiger partial charge in [0.05, 0.1) is 41.5 Å². The number of nitrogens with zero attached hydrogens (tertiary/aromatic N) is 2. The first kappa shape index (κ1) is 18.6. The Morgan fingerprint density at radius 3 is 2.64 bits per heavy atom. The number of aromatic nitrogens is 2. The molecule has 0 unspecified atom stereocenters. The standard InChI is InChI=1S/C17H25N5O3/c1-6-25-16(24)21-11-7-13-14(20-10(2)17(3,4)5)12(15(18)23)8-19-22(13)9-11/h7-10,20H,6H2,1-5H3,(H2,18,23)(H,21,24)/t10-/m1/s1. The zero-order chi connectivity index (χ0) is 18.8. The molecule has 0 aromatic carbocycles. The van der Waals surface area contributed by atoms with Crippen LogP contribution in [0.2, 0.25) is 0 Å². The van der Waals surface area contributed by atoms with Crippen molar-refractivity contribution in [2.75, 3.05) is 17.2 Å². The van der Waals surface area contributed by atoms with Crippen LogP contribution in [0.5, 0.6) is 0 Å². The molecule has 2 amide bonds. The number of nitrogens with one attached hydrogen (secondary N) is 2. The minimum absolute atomic E-state index is 0.0339. The Hall–Kier alpha value is -2.77. The average molecular weight is 347 g/mol. The van der Waals surface area contributed by atoms with Crippen molar-refractivity contribution in [1.29, 1.82) is 0 Å². The van der Waals surface area contributed by atoms with E-state index >= 15 is 0 Å². The van der Waals surface area contributed by atoms with Gasteiger partial charge in [-0.05, 0) is 25.3 Å². The van der Waals surface area contributed by atoms with Crippen LogP contribution in [0.25, 0.3) is 5.52 Å². The molecule has 2 aromatic rings. The van der Waals surface area contributed by atoms with E-state index in [1.165, 1.54) is 6.20 Å². The summed E-state index contributed by atoms with van der Waals surface area (Å²) in [4.78, 5) is 23.4. The molecule has 2 rings (SSSR count). The Morgan fingerprint density at radius 1 is 1.40 bits per heavy atom. The van der Waals surface area contributed by atoms with E-state index in [0.29, 0.717) is 22.5 Å². The number of rotatable bonds is 5. The first-order valence-corrected chi connectivity index (χ1v) is 8.15. The summed E-state index contributed by atoms with van der Waals surface area (Å²) in [6.07, 6.45) is 2.51. The van der Waals surface area contributed by atoms with E-state index in [9.17, 15) is 9.59 Å². The van der Waals surface area contributed by atoms with Gasteiger partial charge in [0.1, 0.15) is 0 Å². The van der Waals surface area contributed by atoms with E-state index in [0.717, 1.165) is 0 Å². The molecule has 25 heavy (non-hydrogen) atoms. The highest BCUT2D eigenvalue weighted by Crippen LogP contribution is 2.29. The third kappa shape index (κ3) is 4.20. The largest absolute Gasteiger partial charge is 0.450 e. The van der Waals surface area contributed by atoms with Crippen molar-refractivity contribution in [3.63, 3.8) is 0 Å². The van der Waals surface area contributed by atoms with Crippen molar-refractivity contribution < 1.29 is 14.3 Å². The van der Waals surface area contributed by atoms with Crippen LogP contribution in [0.3, 0.4) is 0 Å². The number of nitrogens with two attached hydrogens (primary N) is 1. The van der Waals surface area contributed by atoms with Gasteiger partial charge in [-0.3, -0.25) is 10.1 Å². The summed E-state index contributed by atoms with van der Waals surface area (Å²) in [5.41, 5.74) is 7.50. The van der Waals surface area contributed by atoms with Crippen LogP contribution in [0.4, 0.5) is 16.2 Å². The molecule has 0 saturated carbocycles. The number of carbonyl (C=O) groups is 2. The maximum atomic E-state index is 11.8. The topological polar surface area (TPSA) is 111 Å². The molecule has 136 valence electrons. The van der Waals surface area contributed by atoms with Gasteiger partial charge >= 0.3 is 6.09 Å². The van der Waals surface area contributed by atoms with E-state index < -0.39 is 12.0 Å². The second kappa shape index (κ2) is 7.00. The van der Waals surface area contributed by atoms with Crippen molar-refractivity contribution in [3.8, 4) is 0 Å². The van der Waals surface area contributed by atoms with Crippen LogP contribution >= 0.6 is 0 Å². The van der Waals surface area contributed by atoms with Crippen molar-refractivity contribution in [3.05, 3.63) is 24.0 Å². The lowest BCUT2D eigenvalue weighted by molar-refractivity contribution is 0.100. The van der Waals surface area contributed by atoms with Gasteiger partial charge in [-0.1, -0.05) is 20.8 Å². The molecular weight excluding hydrogens is 322 g/mol. The van der Waals surface area contributed by atoms with Crippen molar-refractivity contribution in [2.24, 2.45) is 11.1 Å². The smallest absolute Gasteiger partial charge is 0.411 e. The number of primary amides is 1. The van der Waals surface area contributed by atoms with Crippen LogP contribution in [0.1, 0.15) is 45.0 Å². The molecule has 2 heterocycles. The van der Waals surface area contributed by atoms with Crippen molar-refractivity contribution in [2.45, 2.75) is 40.7 Å². The summed E-state index contributed by atoms with van der Waals surface area (Å²) in [5, 5.41) is 10.2. The fourth-order valence-corrected chi connectivity index (χ4v) is 2.18. The molecule has 8 heteroatoms. The van der Waals surface area contributed by atoms with E-state index in [-0.39, 0.29) is 18.1 Å². The van der Waals surface area contributed by atoms with Gasteiger partial charge < -0.3 is 15.8 Å². The molecule has 0 fully saturated rings. The summed E-state index contributed by atoms with van der Waals surface area (Å²) in [7, 11) is 0. The Labute approximate surface area is 146 Å². The lowest BCUT2D eigenvalue weighted by Gasteiger charge is -2.29. The fourth-order valence-electron chi connectivity index (χ4n) is 2.18. The number of ether oxygens (including phenoxy) is 1. The van der Waals surface area contributed by atoms with Crippen LogP contribution in [0, 0.1) is 5.41 Å². The fraction of sp³-hybridized carbons (Fsp3) is 0.471. The van der Waals surface area contributed by atoms with Gasteiger partial charge in [0, 0.05) is 6.04 Å². The minimum Gasteiger partial charge on any atom is -0.450 e. The Morgan fingerprint density at radius 2 is 2.08 bits per heavy atom. The molecule has 8 nitrogen and oxygen atoms in total. The number of amides is 2. The van der Waals surface area contributed by atoms with Crippen molar-refractivity contribution in [1.82, 2.24) is 9.61 Å². The Bertz CT molecular complexity index is 791. The summed E-state index contributed by atoms with van der Waals surface area (Å²) in [5.74, 6) is -0.570.